The van der Waals surface area contributed by atoms with Crippen LogP contribution in [0, 0.1) is 22.7 Å². The van der Waals surface area contributed by atoms with Gasteiger partial charge >= 0.3 is 17.9 Å². The van der Waals surface area contributed by atoms with Crippen LogP contribution in [0.2, 0.25) is 0 Å². The third-order valence-electron chi connectivity index (χ3n) is 9.92. The third-order valence-corrected chi connectivity index (χ3v) is 9.92. The molecule has 8 atom stereocenters. The van der Waals surface area contributed by atoms with Gasteiger partial charge in [0.1, 0.15) is 11.5 Å². The van der Waals surface area contributed by atoms with Gasteiger partial charge in [-0.15, -0.1) is 0 Å². The highest BCUT2D eigenvalue weighted by Gasteiger charge is 2.72. The Morgan fingerprint density at radius 2 is 1.67 bits per heavy atom. The summed E-state index contributed by atoms with van der Waals surface area (Å²) in [5.41, 5.74) is -0.106. The van der Waals surface area contributed by atoms with Crippen LogP contribution in [0.3, 0.4) is 0 Å². The number of allylic oxidation sites excluding steroid dienone is 2. The van der Waals surface area contributed by atoms with Crippen LogP contribution in [0.4, 0.5) is 0 Å². The molecule has 2 aliphatic carbocycles. The predicted molar refractivity (Wildman–Crippen MR) is 160 cm³/mol. The van der Waals surface area contributed by atoms with E-state index in [1.807, 2.05) is 0 Å². The normalized spacial score (nSPS) is 33.5. The average Bonchev–Trinajstić information content (AvgIpc) is 3.21. The number of aliphatic hydroxyl groups excluding tert-OH is 1. The van der Waals surface area contributed by atoms with Gasteiger partial charge in [-0.1, -0.05) is 84.1 Å². The van der Waals surface area contributed by atoms with Gasteiger partial charge in [0.2, 0.25) is 12.6 Å². The Morgan fingerprint density at radius 1 is 1.02 bits per heavy atom. The Balaban J connectivity index is 2.00. The second-order valence-corrected chi connectivity index (χ2v) is 12.8. The van der Waals surface area contributed by atoms with Crippen molar-refractivity contribution in [3.8, 4) is 0 Å². The highest BCUT2D eigenvalue weighted by Crippen LogP contribution is 2.67. The standard InChI is InChI=1S/C34H52O8/c1-8-10-11-12-13-14-15-16-30(38)41-29-19-23(4)33(7,18-17-22(3)9-2)28-21-26(37)20-27-31(39-24(5)35)42-32(34(27,28)29)40-25(6)36/h9,20,23,26,28-29,31-32,37H,2-3,8,10-19,21H2,1,4-7H3/t23-,26+,28-,29-,31+,32-,33+,34+/m1/s1. The van der Waals surface area contributed by atoms with E-state index in [1.54, 1.807) is 12.2 Å². The van der Waals surface area contributed by atoms with Gasteiger partial charge in [0.15, 0.2) is 0 Å². The summed E-state index contributed by atoms with van der Waals surface area (Å²) in [6.45, 7) is 17.1. The average molecular weight is 589 g/mol. The molecule has 1 heterocycles. The molecule has 3 aliphatic rings. The van der Waals surface area contributed by atoms with Crippen molar-refractivity contribution in [1.29, 1.82) is 0 Å². The fourth-order valence-corrected chi connectivity index (χ4v) is 7.50. The molecule has 0 aromatic carbocycles. The highest BCUT2D eigenvalue weighted by atomic mass is 16.8. The Bertz CT molecular complexity index is 1030. The minimum atomic E-state index is -1.17. The van der Waals surface area contributed by atoms with Gasteiger partial charge in [0.25, 0.3) is 0 Å². The quantitative estimate of drug-likeness (QED) is 0.0739. The Morgan fingerprint density at radius 3 is 2.29 bits per heavy atom. The lowest BCUT2D eigenvalue weighted by Crippen LogP contribution is -2.63. The minimum absolute atomic E-state index is 0.0828. The van der Waals surface area contributed by atoms with E-state index in [1.165, 1.54) is 39.5 Å². The summed E-state index contributed by atoms with van der Waals surface area (Å²) >= 11 is 0. The van der Waals surface area contributed by atoms with E-state index >= 15 is 0 Å². The Kier molecular flexibility index (Phi) is 12.0. The fourth-order valence-electron chi connectivity index (χ4n) is 7.50. The first-order valence-corrected chi connectivity index (χ1v) is 15.8. The molecule has 0 aromatic rings. The molecule has 0 amide bonds. The van der Waals surface area contributed by atoms with Crippen molar-refractivity contribution >= 4 is 17.9 Å². The van der Waals surface area contributed by atoms with Gasteiger partial charge in [-0.05, 0) is 55.4 Å². The summed E-state index contributed by atoms with van der Waals surface area (Å²) in [7, 11) is 0. The molecular formula is C34H52O8. The van der Waals surface area contributed by atoms with Crippen molar-refractivity contribution in [3.63, 3.8) is 0 Å². The Labute approximate surface area is 251 Å². The summed E-state index contributed by atoms with van der Waals surface area (Å²) < 4.78 is 23.9. The van der Waals surface area contributed by atoms with Crippen LogP contribution in [0.1, 0.15) is 112 Å². The van der Waals surface area contributed by atoms with Crippen molar-refractivity contribution in [2.24, 2.45) is 22.7 Å². The van der Waals surface area contributed by atoms with Crippen LogP contribution >= 0.6 is 0 Å². The molecular weight excluding hydrogens is 536 g/mol. The smallest absolute Gasteiger partial charge is 0.306 e. The van der Waals surface area contributed by atoms with Crippen molar-refractivity contribution in [2.75, 3.05) is 0 Å². The zero-order valence-electron chi connectivity index (χ0n) is 26.3. The summed E-state index contributed by atoms with van der Waals surface area (Å²) in [6.07, 6.45) is 9.69. The van der Waals surface area contributed by atoms with Crippen LogP contribution in [-0.4, -0.2) is 47.8 Å². The van der Waals surface area contributed by atoms with Gasteiger partial charge in [-0.2, -0.15) is 0 Å². The fraction of sp³-hybridized carbons (Fsp3) is 0.735. The van der Waals surface area contributed by atoms with Gasteiger partial charge in [-0.3, -0.25) is 19.1 Å². The molecule has 8 heteroatoms. The molecule has 1 N–H and O–H groups in total. The molecule has 1 spiro atoms. The van der Waals surface area contributed by atoms with Crippen LogP contribution in [-0.2, 0) is 33.3 Å². The van der Waals surface area contributed by atoms with Gasteiger partial charge in [0.05, 0.1) is 6.10 Å². The SMILES string of the molecule is C=CC(=C)CC[C@@]1(C)[C@H](C)C[C@@H](OC(=O)CCCCCCCCC)[C@]23C(=C[C@H](O)C[C@H]12)[C@@H](OC(C)=O)O[C@H]3OC(C)=O. The van der Waals surface area contributed by atoms with E-state index in [2.05, 4.69) is 33.9 Å². The van der Waals surface area contributed by atoms with E-state index in [0.29, 0.717) is 31.3 Å². The summed E-state index contributed by atoms with van der Waals surface area (Å²) in [5, 5.41) is 11.1. The lowest BCUT2D eigenvalue weighted by Gasteiger charge is -2.60. The first-order chi connectivity index (χ1) is 19.9. The third kappa shape index (κ3) is 7.36. The molecule has 1 aliphatic heterocycles. The molecule has 0 unspecified atom stereocenters. The molecule has 0 bridgehead atoms. The number of carbonyl (C=O) groups excluding carboxylic acids is 3. The molecule has 1 saturated heterocycles. The first kappa shape index (κ1) is 34.0. The number of unbranched alkanes of at least 4 members (excludes halogenated alkanes) is 6. The topological polar surface area (TPSA) is 108 Å². The maximum Gasteiger partial charge on any atom is 0.306 e. The first-order valence-electron chi connectivity index (χ1n) is 15.8. The van der Waals surface area contributed by atoms with Gasteiger partial charge in [-0.25, -0.2) is 0 Å². The predicted octanol–water partition coefficient (Wildman–Crippen LogP) is 6.71. The molecule has 42 heavy (non-hydrogen) atoms. The lowest BCUT2D eigenvalue weighted by molar-refractivity contribution is -0.257. The van der Waals surface area contributed by atoms with Crippen LogP contribution in [0.25, 0.3) is 0 Å². The van der Waals surface area contributed by atoms with E-state index in [-0.39, 0.29) is 23.2 Å². The van der Waals surface area contributed by atoms with E-state index in [9.17, 15) is 19.5 Å². The zero-order chi connectivity index (χ0) is 31.1. The highest BCUT2D eigenvalue weighted by molar-refractivity contribution is 5.70. The summed E-state index contributed by atoms with van der Waals surface area (Å²) in [6, 6.07) is 0. The monoisotopic (exact) mass is 588 g/mol. The van der Waals surface area contributed by atoms with Crippen LogP contribution in [0.5, 0.6) is 0 Å². The molecule has 8 nitrogen and oxygen atoms in total. The zero-order valence-corrected chi connectivity index (χ0v) is 26.3. The summed E-state index contributed by atoms with van der Waals surface area (Å²) in [4.78, 5) is 37.9. The number of carbonyl (C=O) groups is 3. The second kappa shape index (κ2) is 14.8. The van der Waals surface area contributed by atoms with Crippen LogP contribution < -0.4 is 0 Å². The summed E-state index contributed by atoms with van der Waals surface area (Å²) in [5.74, 6) is -1.67. The largest absolute Gasteiger partial charge is 0.461 e. The van der Waals surface area contributed by atoms with Crippen LogP contribution in [0.15, 0.2) is 36.5 Å². The van der Waals surface area contributed by atoms with E-state index in [4.69, 9.17) is 18.9 Å². The van der Waals surface area contributed by atoms with Crippen molar-refractivity contribution in [2.45, 2.75) is 136 Å². The Hall–Kier alpha value is -2.45. The van der Waals surface area contributed by atoms with E-state index in [0.717, 1.165) is 31.3 Å². The van der Waals surface area contributed by atoms with Crippen molar-refractivity contribution in [3.05, 3.63) is 36.5 Å². The number of aliphatic hydroxyl groups is 1. The number of hydrogen-bond acceptors (Lipinski definition) is 8. The minimum Gasteiger partial charge on any atom is -0.461 e. The molecule has 0 aromatic heterocycles. The molecule has 2 fully saturated rings. The maximum atomic E-state index is 13.3. The molecule has 0 radical (unpaired) electrons. The van der Waals surface area contributed by atoms with Gasteiger partial charge in [0, 0.05) is 25.8 Å². The van der Waals surface area contributed by atoms with E-state index < -0.39 is 42.1 Å². The number of hydrogen-bond donors (Lipinski definition) is 1. The number of ether oxygens (including phenoxy) is 4. The number of esters is 3. The number of rotatable bonds is 15. The van der Waals surface area contributed by atoms with Crippen molar-refractivity contribution < 1.29 is 38.4 Å². The molecule has 1 saturated carbocycles. The molecule has 236 valence electrons. The lowest BCUT2D eigenvalue weighted by atomic mass is 9.45. The second-order valence-electron chi connectivity index (χ2n) is 12.8. The van der Waals surface area contributed by atoms with Crippen molar-refractivity contribution in [1.82, 2.24) is 0 Å². The molecule has 3 rings (SSSR count). The van der Waals surface area contributed by atoms with Gasteiger partial charge < -0.3 is 19.3 Å². The maximum absolute atomic E-state index is 13.3.